The smallest absolute Gasteiger partial charge is 0.260 e. The molecule has 1 aromatic rings. The summed E-state index contributed by atoms with van der Waals surface area (Å²) in [6, 6.07) is 5.99. The maximum atomic E-state index is 11.7. The van der Waals surface area contributed by atoms with Crippen LogP contribution in [0.4, 0.5) is 0 Å². The van der Waals surface area contributed by atoms with Crippen LogP contribution in [0.25, 0.3) is 0 Å². The van der Waals surface area contributed by atoms with Crippen LogP contribution in [-0.4, -0.2) is 38.1 Å². The second kappa shape index (κ2) is 7.01. The minimum atomic E-state index is -0.00355. The highest BCUT2D eigenvalue weighted by molar-refractivity contribution is 5.77. The summed E-state index contributed by atoms with van der Waals surface area (Å²) >= 11 is 0. The molecule has 1 rings (SSSR count). The second-order valence-corrected chi connectivity index (χ2v) is 4.29. The molecule has 0 atom stereocenters. The van der Waals surface area contributed by atoms with Crippen molar-refractivity contribution in [2.75, 3.05) is 27.2 Å². The summed E-state index contributed by atoms with van der Waals surface area (Å²) in [6.07, 6.45) is 0. The third-order valence-corrected chi connectivity index (χ3v) is 2.90. The number of aryl methyl sites for hydroxylation is 1. The van der Waals surface area contributed by atoms with Gasteiger partial charge in [0.1, 0.15) is 5.75 Å². The molecule has 0 aliphatic rings. The molecule has 0 radical (unpaired) electrons. The van der Waals surface area contributed by atoms with E-state index < -0.39 is 0 Å². The van der Waals surface area contributed by atoms with Crippen molar-refractivity contribution in [3.63, 3.8) is 0 Å². The van der Waals surface area contributed by atoms with Crippen molar-refractivity contribution in [2.24, 2.45) is 0 Å². The van der Waals surface area contributed by atoms with E-state index in [0.29, 0.717) is 6.54 Å². The van der Waals surface area contributed by atoms with Gasteiger partial charge in [-0.25, -0.2) is 0 Å². The first kappa shape index (κ1) is 14.5. The minimum absolute atomic E-state index is 0.00355. The Hall–Kier alpha value is -1.55. The summed E-state index contributed by atoms with van der Waals surface area (Å²) in [7, 11) is 3.67. The van der Waals surface area contributed by atoms with Crippen LogP contribution >= 0.6 is 0 Å². The van der Waals surface area contributed by atoms with E-state index in [4.69, 9.17) is 4.74 Å². The fraction of sp³-hybridized carbons (Fsp3) is 0.500. The quantitative estimate of drug-likeness (QED) is 0.833. The highest BCUT2D eigenvalue weighted by Crippen LogP contribution is 2.23. The molecule has 0 aliphatic heterocycles. The highest BCUT2D eigenvalue weighted by atomic mass is 16.5. The van der Waals surface area contributed by atoms with E-state index in [1.165, 1.54) is 0 Å². The fourth-order valence-corrected chi connectivity index (χ4v) is 1.67. The lowest BCUT2D eigenvalue weighted by molar-refractivity contribution is -0.131. The predicted octanol–water partition coefficient (Wildman–Crippen LogP) is 1.57. The number of para-hydroxylation sites is 1. The summed E-state index contributed by atoms with van der Waals surface area (Å²) in [5.41, 5.74) is 2.12. The Bertz CT molecular complexity index is 405. The van der Waals surface area contributed by atoms with Crippen LogP contribution in [0.2, 0.25) is 0 Å². The van der Waals surface area contributed by atoms with E-state index in [1.807, 2.05) is 39.1 Å². The molecule has 1 amide bonds. The van der Waals surface area contributed by atoms with Crippen molar-refractivity contribution >= 4 is 5.91 Å². The Kier molecular flexibility index (Phi) is 5.65. The fourth-order valence-electron chi connectivity index (χ4n) is 1.67. The lowest BCUT2D eigenvalue weighted by atomic mass is 10.1. The zero-order chi connectivity index (χ0) is 13.5. The average molecular weight is 250 g/mol. The summed E-state index contributed by atoms with van der Waals surface area (Å²) in [5.74, 6) is 0.806. The molecule has 100 valence electrons. The number of hydrogen-bond donors (Lipinski definition) is 1. The first-order chi connectivity index (χ1) is 8.60. The number of likely N-dealkylation sites (N-methyl/N-ethyl adjacent to an activating group) is 1. The standard InChI is InChI=1S/C14H22N2O2/c1-5-16(4)13(17)10-18-14-11(2)7-6-8-12(14)9-15-3/h6-8,15H,5,9-10H2,1-4H3. The number of amides is 1. The third-order valence-electron chi connectivity index (χ3n) is 2.90. The summed E-state index contributed by atoms with van der Waals surface area (Å²) in [5, 5.41) is 3.10. The van der Waals surface area contributed by atoms with Gasteiger partial charge in [0.15, 0.2) is 6.61 Å². The largest absolute Gasteiger partial charge is 0.483 e. The number of ether oxygens (including phenoxy) is 1. The number of hydrogen-bond acceptors (Lipinski definition) is 3. The normalized spacial score (nSPS) is 10.2. The van der Waals surface area contributed by atoms with Gasteiger partial charge < -0.3 is 15.0 Å². The van der Waals surface area contributed by atoms with Gasteiger partial charge in [-0.05, 0) is 26.5 Å². The number of carbonyl (C=O) groups is 1. The molecule has 4 heteroatoms. The average Bonchev–Trinajstić information content (AvgIpc) is 2.37. The van der Waals surface area contributed by atoms with Crippen molar-refractivity contribution < 1.29 is 9.53 Å². The zero-order valence-electron chi connectivity index (χ0n) is 11.6. The first-order valence-corrected chi connectivity index (χ1v) is 6.20. The third kappa shape index (κ3) is 3.74. The summed E-state index contributed by atoms with van der Waals surface area (Å²) in [6.45, 7) is 5.45. The van der Waals surface area contributed by atoms with Gasteiger partial charge in [0.05, 0.1) is 0 Å². The topological polar surface area (TPSA) is 41.6 Å². The monoisotopic (exact) mass is 250 g/mol. The van der Waals surface area contributed by atoms with Gasteiger partial charge in [0.25, 0.3) is 5.91 Å². The van der Waals surface area contributed by atoms with Crippen molar-refractivity contribution in [3.8, 4) is 5.75 Å². The van der Waals surface area contributed by atoms with E-state index in [1.54, 1.807) is 11.9 Å². The number of nitrogens with zero attached hydrogens (tertiary/aromatic N) is 1. The molecule has 18 heavy (non-hydrogen) atoms. The molecule has 1 N–H and O–H groups in total. The van der Waals surface area contributed by atoms with E-state index >= 15 is 0 Å². The molecular weight excluding hydrogens is 228 g/mol. The van der Waals surface area contributed by atoms with Crippen molar-refractivity contribution in [1.82, 2.24) is 10.2 Å². The van der Waals surface area contributed by atoms with Gasteiger partial charge in [0, 0.05) is 25.7 Å². The Morgan fingerprint density at radius 2 is 2.17 bits per heavy atom. The number of nitrogens with one attached hydrogen (secondary N) is 1. The van der Waals surface area contributed by atoms with Crippen molar-refractivity contribution in [3.05, 3.63) is 29.3 Å². The molecule has 0 aliphatic carbocycles. The van der Waals surface area contributed by atoms with Gasteiger partial charge in [0.2, 0.25) is 0 Å². The molecule has 0 saturated heterocycles. The van der Waals surface area contributed by atoms with Crippen molar-refractivity contribution in [1.29, 1.82) is 0 Å². The number of benzene rings is 1. The lowest BCUT2D eigenvalue weighted by Crippen LogP contribution is -2.31. The maximum Gasteiger partial charge on any atom is 0.260 e. The Labute approximate surface area is 109 Å². The predicted molar refractivity (Wildman–Crippen MR) is 72.7 cm³/mol. The van der Waals surface area contributed by atoms with Crippen LogP contribution in [-0.2, 0) is 11.3 Å². The van der Waals surface area contributed by atoms with Crippen molar-refractivity contribution in [2.45, 2.75) is 20.4 Å². The first-order valence-electron chi connectivity index (χ1n) is 6.20. The van der Waals surface area contributed by atoms with Crippen LogP contribution in [0.5, 0.6) is 5.75 Å². The molecule has 0 saturated carbocycles. The van der Waals surface area contributed by atoms with Gasteiger partial charge in [-0.2, -0.15) is 0 Å². The lowest BCUT2D eigenvalue weighted by Gasteiger charge is -2.17. The minimum Gasteiger partial charge on any atom is -0.483 e. The number of rotatable bonds is 6. The Balaban J connectivity index is 2.74. The Morgan fingerprint density at radius 1 is 1.44 bits per heavy atom. The molecule has 0 aromatic heterocycles. The van der Waals surface area contributed by atoms with E-state index in [-0.39, 0.29) is 12.5 Å². The maximum absolute atomic E-state index is 11.7. The molecule has 0 heterocycles. The van der Waals surface area contributed by atoms with Crippen LogP contribution in [0, 0.1) is 6.92 Å². The molecular formula is C14H22N2O2. The van der Waals surface area contributed by atoms with Gasteiger partial charge >= 0.3 is 0 Å². The molecule has 0 spiro atoms. The van der Waals surface area contributed by atoms with Crippen LogP contribution in [0.3, 0.4) is 0 Å². The number of carbonyl (C=O) groups excluding carboxylic acids is 1. The van der Waals surface area contributed by atoms with E-state index in [0.717, 1.165) is 23.4 Å². The summed E-state index contributed by atoms with van der Waals surface area (Å²) in [4.78, 5) is 13.4. The van der Waals surface area contributed by atoms with E-state index in [9.17, 15) is 4.79 Å². The Morgan fingerprint density at radius 3 is 2.78 bits per heavy atom. The highest BCUT2D eigenvalue weighted by Gasteiger charge is 2.11. The van der Waals surface area contributed by atoms with Gasteiger partial charge in [-0.15, -0.1) is 0 Å². The van der Waals surface area contributed by atoms with Gasteiger partial charge in [-0.3, -0.25) is 4.79 Å². The molecule has 4 nitrogen and oxygen atoms in total. The van der Waals surface area contributed by atoms with Gasteiger partial charge in [-0.1, -0.05) is 18.2 Å². The molecule has 0 bridgehead atoms. The molecule has 0 unspecified atom stereocenters. The zero-order valence-corrected chi connectivity index (χ0v) is 11.6. The summed E-state index contributed by atoms with van der Waals surface area (Å²) < 4.78 is 5.67. The second-order valence-electron chi connectivity index (χ2n) is 4.29. The molecule has 0 fully saturated rings. The van der Waals surface area contributed by atoms with Crippen LogP contribution in [0.15, 0.2) is 18.2 Å². The van der Waals surface area contributed by atoms with Crippen LogP contribution in [0.1, 0.15) is 18.1 Å². The van der Waals surface area contributed by atoms with Crippen LogP contribution < -0.4 is 10.1 Å². The molecule has 1 aromatic carbocycles. The SMILES string of the molecule is CCN(C)C(=O)COc1c(C)cccc1CNC. The van der Waals surface area contributed by atoms with E-state index in [2.05, 4.69) is 5.32 Å².